The van der Waals surface area contributed by atoms with Gasteiger partial charge < -0.3 is 15.2 Å². The van der Waals surface area contributed by atoms with Crippen LogP contribution in [0.3, 0.4) is 0 Å². The molecule has 0 bridgehead atoms. The van der Waals surface area contributed by atoms with E-state index in [1.165, 1.54) is 0 Å². The molecule has 0 fully saturated rings. The zero-order valence-electron chi connectivity index (χ0n) is 13.0. The molecule has 1 amide bonds. The van der Waals surface area contributed by atoms with Gasteiger partial charge in [0, 0.05) is 12.1 Å². The monoisotopic (exact) mass is 293 g/mol. The zero-order valence-corrected chi connectivity index (χ0v) is 13.0. The van der Waals surface area contributed by atoms with Crippen LogP contribution in [0.15, 0.2) is 24.3 Å². The van der Waals surface area contributed by atoms with E-state index in [1.54, 1.807) is 38.1 Å². The lowest BCUT2D eigenvalue weighted by Crippen LogP contribution is -2.38. The fraction of sp³-hybridized carbons (Fsp3) is 0.500. The zero-order chi connectivity index (χ0) is 16.0. The van der Waals surface area contributed by atoms with Gasteiger partial charge >= 0.3 is 5.97 Å². The molecule has 1 aromatic rings. The number of nitrogens with one attached hydrogen (secondary N) is 1. The Kier molecular flexibility index (Phi) is 5.76. The molecule has 0 aliphatic carbocycles. The average Bonchev–Trinajstić information content (AvgIpc) is 2.43. The van der Waals surface area contributed by atoms with Gasteiger partial charge in [0.15, 0.2) is 0 Å². The minimum atomic E-state index is -0.990. The van der Waals surface area contributed by atoms with E-state index in [4.69, 9.17) is 9.84 Å². The summed E-state index contributed by atoms with van der Waals surface area (Å²) in [4.78, 5) is 22.9. The minimum Gasteiger partial charge on any atom is -0.493 e. The Balaban J connectivity index is 2.57. The highest BCUT2D eigenvalue weighted by Gasteiger charge is 2.27. The number of carboxylic acids is 1. The Morgan fingerprint density at radius 1 is 1.24 bits per heavy atom. The predicted molar refractivity (Wildman–Crippen MR) is 80.5 cm³/mol. The second-order valence-corrected chi connectivity index (χ2v) is 6.10. The normalized spacial score (nSPS) is 11.3. The van der Waals surface area contributed by atoms with Crippen LogP contribution in [0.4, 0.5) is 0 Å². The third-order valence-electron chi connectivity index (χ3n) is 2.97. The van der Waals surface area contributed by atoms with E-state index in [9.17, 15) is 9.59 Å². The standard InChI is InChI=1S/C16H23NO4/c1-11(2)9-21-13-7-5-12(6-8-13)14(18)17-10-16(3,4)15(19)20/h5-8,11H,9-10H2,1-4H3,(H,17,18)(H,19,20). The van der Waals surface area contributed by atoms with Crippen molar-refractivity contribution in [2.45, 2.75) is 27.7 Å². The number of hydrogen-bond acceptors (Lipinski definition) is 3. The minimum absolute atomic E-state index is 0.0762. The van der Waals surface area contributed by atoms with Crippen LogP contribution in [0.1, 0.15) is 38.1 Å². The van der Waals surface area contributed by atoms with Crippen LogP contribution < -0.4 is 10.1 Å². The van der Waals surface area contributed by atoms with Crippen molar-refractivity contribution < 1.29 is 19.4 Å². The maximum Gasteiger partial charge on any atom is 0.310 e. The Morgan fingerprint density at radius 3 is 2.29 bits per heavy atom. The molecule has 0 aliphatic heterocycles. The maximum absolute atomic E-state index is 11.9. The van der Waals surface area contributed by atoms with Crippen LogP contribution >= 0.6 is 0 Å². The molecule has 0 spiro atoms. The molecule has 5 nitrogen and oxygen atoms in total. The number of rotatable bonds is 7. The molecule has 1 aromatic carbocycles. The summed E-state index contributed by atoms with van der Waals surface area (Å²) in [5, 5.41) is 11.6. The molecule has 0 saturated carbocycles. The molecule has 0 atom stereocenters. The molecule has 21 heavy (non-hydrogen) atoms. The molecular formula is C16H23NO4. The number of ether oxygens (including phenoxy) is 1. The van der Waals surface area contributed by atoms with Crippen molar-refractivity contribution in [3.63, 3.8) is 0 Å². The topological polar surface area (TPSA) is 75.6 Å². The fourth-order valence-electron chi connectivity index (χ4n) is 1.44. The highest BCUT2D eigenvalue weighted by molar-refractivity contribution is 5.94. The van der Waals surface area contributed by atoms with Crippen molar-refractivity contribution >= 4 is 11.9 Å². The number of carbonyl (C=O) groups is 2. The van der Waals surface area contributed by atoms with Gasteiger partial charge in [0.1, 0.15) is 5.75 Å². The summed E-state index contributed by atoms with van der Waals surface area (Å²) in [7, 11) is 0. The van der Waals surface area contributed by atoms with Gasteiger partial charge in [-0.2, -0.15) is 0 Å². The van der Waals surface area contributed by atoms with Gasteiger partial charge in [-0.25, -0.2) is 0 Å². The summed E-state index contributed by atoms with van der Waals surface area (Å²) >= 11 is 0. The van der Waals surface area contributed by atoms with Crippen LogP contribution in [0, 0.1) is 11.3 Å². The van der Waals surface area contributed by atoms with Crippen molar-refractivity contribution in [2.24, 2.45) is 11.3 Å². The first kappa shape index (κ1) is 17.0. The molecular weight excluding hydrogens is 270 g/mol. The van der Waals surface area contributed by atoms with Crippen LogP contribution in [-0.4, -0.2) is 30.1 Å². The molecule has 5 heteroatoms. The lowest BCUT2D eigenvalue weighted by molar-refractivity contribution is -0.146. The Bertz CT molecular complexity index is 492. The van der Waals surface area contributed by atoms with Crippen LogP contribution in [-0.2, 0) is 4.79 Å². The van der Waals surface area contributed by atoms with E-state index in [-0.39, 0.29) is 12.5 Å². The summed E-state index contributed by atoms with van der Waals surface area (Å²) in [5.74, 6) is -0.0858. The third kappa shape index (κ3) is 5.45. The molecule has 2 N–H and O–H groups in total. The summed E-state index contributed by atoms with van der Waals surface area (Å²) in [6.07, 6.45) is 0. The smallest absolute Gasteiger partial charge is 0.310 e. The molecule has 0 radical (unpaired) electrons. The first-order valence-electron chi connectivity index (χ1n) is 6.97. The predicted octanol–water partition coefficient (Wildman–Crippen LogP) is 2.56. The van der Waals surface area contributed by atoms with E-state index < -0.39 is 11.4 Å². The molecule has 1 rings (SSSR count). The number of carbonyl (C=O) groups excluding carboxylic acids is 1. The first-order chi connectivity index (χ1) is 9.72. The van der Waals surface area contributed by atoms with Gasteiger partial charge in [-0.3, -0.25) is 9.59 Å². The van der Waals surface area contributed by atoms with Crippen molar-refractivity contribution in [1.82, 2.24) is 5.32 Å². The third-order valence-corrected chi connectivity index (χ3v) is 2.97. The molecule has 116 valence electrons. The molecule has 0 aliphatic rings. The number of hydrogen-bond donors (Lipinski definition) is 2. The van der Waals surface area contributed by atoms with Crippen molar-refractivity contribution in [3.05, 3.63) is 29.8 Å². The molecule has 0 heterocycles. The lowest BCUT2D eigenvalue weighted by Gasteiger charge is -2.19. The van der Waals surface area contributed by atoms with Crippen molar-refractivity contribution in [2.75, 3.05) is 13.2 Å². The Hall–Kier alpha value is -2.04. The quantitative estimate of drug-likeness (QED) is 0.810. The highest BCUT2D eigenvalue weighted by Crippen LogP contribution is 2.15. The molecule has 0 saturated heterocycles. The maximum atomic E-state index is 11.9. The van der Waals surface area contributed by atoms with Crippen molar-refractivity contribution in [1.29, 1.82) is 0 Å². The summed E-state index contributed by atoms with van der Waals surface area (Å²) in [6, 6.07) is 6.80. The first-order valence-corrected chi connectivity index (χ1v) is 6.97. The summed E-state index contributed by atoms with van der Waals surface area (Å²) < 4.78 is 5.54. The summed E-state index contributed by atoms with van der Waals surface area (Å²) in [5.41, 5.74) is -0.510. The van der Waals surface area contributed by atoms with E-state index in [2.05, 4.69) is 19.2 Å². The van der Waals surface area contributed by atoms with E-state index >= 15 is 0 Å². The Morgan fingerprint density at radius 2 is 1.81 bits per heavy atom. The number of aliphatic carboxylic acids is 1. The van der Waals surface area contributed by atoms with Gasteiger partial charge in [-0.1, -0.05) is 13.8 Å². The largest absolute Gasteiger partial charge is 0.493 e. The lowest BCUT2D eigenvalue weighted by atomic mass is 9.94. The second-order valence-electron chi connectivity index (χ2n) is 6.10. The second kappa shape index (κ2) is 7.11. The summed E-state index contributed by atoms with van der Waals surface area (Å²) in [6.45, 7) is 7.96. The van der Waals surface area contributed by atoms with Gasteiger partial charge in [0.2, 0.25) is 0 Å². The van der Waals surface area contributed by atoms with E-state index in [0.29, 0.717) is 23.8 Å². The average molecular weight is 293 g/mol. The van der Waals surface area contributed by atoms with E-state index in [1.807, 2.05) is 0 Å². The van der Waals surface area contributed by atoms with Crippen LogP contribution in [0.2, 0.25) is 0 Å². The van der Waals surface area contributed by atoms with E-state index in [0.717, 1.165) is 0 Å². The van der Waals surface area contributed by atoms with Gasteiger partial charge in [-0.15, -0.1) is 0 Å². The number of benzene rings is 1. The van der Waals surface area contributed by atoms with Crippen molar-refractivity contribution in [3.8, 4) is 5.75 Å². The van der Waals surface area contributed by atoms with Crippen LogP contribution in [0.5, 0.6) is 5.75 Å². The van der Waals surface area contributed by atoms with Gasteiger partial charge in [-0.05, 0) is 44.0 Å². The number of amides is 1. The number of carboxylic acid groups (broad SMARTS) is 1. The highest BCUT2D eigenvalue weighted by atomic mass is 16.5. The van der Waals surface area contributed by atoms with Crippen LogP contribution in [0.25, 0.3) is 0 Å². The Labute approximate surface area is 125 Å². The SMILES string of the molecule is CC(C)COc1ccc(C(=O)NCC(C)(C)C(=O)O)cc1. The molecule has 0 unspecified atom stereocenters. The molecule has 0 aromatic heterocycles. The van der Waals surface area contributed by atoms with Gasteiger partial charge in [0.05, 0.1) is 12.0 Å². The fourth-order valence-corrected chi connectivity index (χ4v) is 1.44. The van der Waals surface area contributed by atoms with Gasteiger partial charge in [0.25, 0.3) is 5.91 Å².